The standard InChI is InChI=1S/C19H20NO2PS3/c1-3-21-23(24,22-4-2)26-19-20-17(15-11-7-5-8-12-15)18(25-19)16-13-9-6-10-14-16/h5-14H,3-4H2,1-2H3. The Hall–Kier alpha value is -1.01. The van der Waals surface area contributed by atoms with Gasteiger partial charge in [0, 0.05) is 5.56 Å². The highest BCUT2D eigenvalue weighted by Gasteiger charge is 2.24. The fourth-order valence-corrected chi connectivity index (χ4v) is 9.33. The SMILES string of the molecule is CCOP(=S)(OCC)Sc1nc(-c2ccccc2)c(-c2ccccc2)s1. The van der Waals surface area contributed by atoms with Crippen molar-refractivity contribution in [3.63, 3.8) is 0 Å². The van der Waals surface area contributed by atoms with Crippen molar-refractivity contribution in [1.82, 2.24) is 4.98 Å². The molecule has 3 nitrogen and oxygen atoms in total. The van der Waals surface area contributed by atoms with Crippen molar-refractivity contribution in [2.75, 3.05) is 13.2 Å². The second-order valence-corrected chi connectivity index (χ2v) is 12.6. The second kappa shape index (κ2) is 9.27. The number of aromatic nitrogens is 1. The van der Waals surface area contributed by atoms with Gasteiger partial charge in [-0.2, -0.15) is 0 Å². The van der Waals surface area contributed by atoms with Gasteiger partial charge in [-0.05, 0) is 42.6 Å². The summed E-state index contributed by atoms with van der Waals surface area (Å²) in [6.07, 6.45) is 0. The highest BCUT2D eigenvalue weighted by molar-refractivity contribution is 8.68. The van der Waals surface area contributed by atoms with Crippen LogP contribution in [0.3, 0.4) is 0 Å². The molecule has 26 heavy (non-hydrogen) atoms. The van der Waals surface area contributed by atoms with Crippen LogP contribution in [0, 0.1) is 0 Å². The van der Waals surface area contributed by atoms with Crippen LogP contribution in [-0.2, 0) is 20.9 Å². The maximum absolute atomic E-state index is 5.77. The molecule has 0 unspecified atom stereocenters. The van der Waals surface area contributed by atoms with Crippen LogP contribution in [0.25, 0.3) is 21.7 Å². The summed E-state index contributed by atoms with van der Waals surface area (Å²) in [4.78, 5) is 6.02. The zero-order chi connectivity index (χ0) is 18.4. The molecule has 0 aliphatic rings. The summed E-state index contributed by atoms with van der Waals surface area (Å²) in [6.45, 7) is 4.94. The van der Waals surface area contributed by atoms with E-state index in [1.807, 2.05) is 50.2 Å². The Bertz CT molecular complexity index is 817. The van der Waals surface area contributed by atoms with E-state index in [-0.39, 0.29) is 0 Å². The van der Waals surface area contributed by atoms with Gasteiger partial charge in [0.05, 0.1) is 23.8 Å². The van der Waals surface area contributed by atoms with Crippen molar-refractivity contribution in [3.8, 4) is 21.7 Å². The lowest BCUT2D eigenvalue weighted by atomic mass is 10.1. The van der Waals surface area contributed by atoms with E-state index in [4.69, 9.17) is 25.8 Å². The molecule has 1 heterocycles. The minimum absolute atomic E-state index is 0.534. The summed E-state index contributed by atoms with van der Waals surface area (Å²) in [5.41, 5.74) is 0.781. The molecule has 0 amide bonds. The number of hydrogen-bond donors (Lipinski definition) is 0. The highest BCUT2D eigenvalue weighted by atomic mass is 32.9. The van der Waals surface area contributed by atoms with Gasteiger partial charge in [-0.15, -0.1) is 11.3 Å². The van der Waals surface area contributed by atoms with Crippen molar-refractivity contribution in [2.45, 2.75) is 18.2 Å². The van der Waals surface area contributed by atoms with Crippen LogP contribution in [0.1, 0.15) is 13.8 Å². The van der Waals surface area contributed by atoms with E-state index in [1.54, 1.807) is 11.3 Å². The van der Waals surface area contributed by atoms with Crippen LogP contribution in [0.2, 0.25) is 0 Å². The maximum Gasteiger partial charge on any atom is 0.254 e. The number of hydrogen-bond acceptors (Lipinski definition) is 6. The molecule has 0 saturated heterocycles. The van der Waals surface area contributed by atoms with Gasteiger partial charge in [0.1, 0.15) is 0 Å². The Balaban J connectivity index is 2.03. The van der Waals surface area contributed by atoms with Gasteiger partial charge in [0.15, 0.2) is 4.34 Å². The molecule has 3 rings (SSSR count). The van der Waals surface area contributed by atoms with Crippen LogP contribution in [0.4, 0.5) is 0 Å². The molecule has 0 saturated carbocycles. The number of nitrogens with zero attached hydrogens (tertiary/aromatic N) is 1. The fourth-order valence-electron chi connectivity index (χ4n) is 2.42. The van der Waals surface area contributed by atoms with E-state index in [0.717, 1.165) is 26.0 Å². The first-order chi connectivity index (χ1) is 12.6. The number of rotatable bonds is 8. The first-order valence-electron chi connectivity index (χ1n) is 8.35. The Kier molecular flexibility index (Phi) is 7.04. The molecule has 1 aromatic heterocycles. The summed E-state index contributed by atoms with van der Waals surface area (Å²) >= 11 is 8.76. The lowest BCUT2D eigenvalue weighted by molar-refractivity contribution is 0.280. The van der Waals surface area contributed by atoms with E-state index in [9.17, 15) is 0 Å². The first kappa shape index (κ1) is 19.7. The predicted octanol–water partition coefficient (Wildman–Crippen LogP) is 6.87. The molecule has 0 bridgehead atoms. The van der Waals surface area contributed by atoms with Gasteiger partial charge in [-0.1, -0.05) is 60.7 Å². The quantitative estimate of drug-likeness (QED) is 0.371. The van der Waals surface area contributed by atoms with E-state index < -0.39 is 5.69 Å². The van der Waals surface area contributed by atoms with Crippen LogP contribution in [-0.4, -0.2) is 18.2 Å². The molecular weight excluding hydrogens is 401 g/mol. The molecule has 136 valence electrons. The zero-order valence-corrected chi connectivity index (χ0v) is 18.0. The van der Waals surface area contributed by atoms with Crippen LogP contribution < -0.4 is 0 Å². The summed E-state index contributed by atoms with van der Waals surface area (Å²) in [6, 6.07) is 20.5. The summed E-state index contributed by atoms with van der Waals surface area (Å²) in [7, 11) is 0. The lowest BCUT2D eigenvalue weighted by Gasteiger charge is -2.18. The van der Waals surface area contributed by atoms with Crippen molar-refractivity contribution < 1.29 is 9.05 Å². The third-order valence-corrected chi connectivity index (χ3v) is 9.97. The molecular formula is C19H20NO2PS3. The highest BCUT2D eigenvalue weighted by Crippen LogP contribution is 2.65. The lowest BCUT2D eigenvalue weighted by Crippen LogP contribution is -1.91. The van der Waals surface area contributed by atoms with Crippen molar-refractivity contribution in [2.24, 2.45) is 0 Å². The fraction of sp³-hybridized carbons (Fsp3) is 0.211. The molecule has 0 fully saturated rings. The van der Waals surface area contributed by atoms with Gasteiger partial charge in [0.2, 0.25) is 0 Å². The normalized spacial score (nSPS) is 11.6. The summed E-state index contributed by atoms with van der Waals surface area (Å²) < 4.78 is 12.4. The van der Waals surface area contributed by atoms with Crippen molar-refractivity contribution >= 4 is 40.2 Å². The third kappa shape index (κ3) is 4.83. The molecule has 2 aromatic carbocycles. The second-order valence-electron chi connectivity index (χ2n) is 5.26. The first-order valence-corrected chi connectivity index (χ1v) is 13.2. The number of thiazole rings is 1. The zero-order valence-electron chi connectivity index (χ0n) is 14.6. The predicted molar refractivity (Wildman–Crippen MR) is 116 cm³/mol. The third-order valence-electron chi connectivity index (χ3n) is 3.46. The molecule has 0 radical (unpaired) electrons. The Morgan fingerprint density at radius 1 is 0.923 bits per heavy atom. The summed E-state index contributed by atoms with van der Waals surface area (Å²) in [5.74, 6) is 0. The van der Waals surface area contributed by atoms with Crippen LogP contribution in [0.15, 0.2) is 65.0 Å². The van der Waals surface area contributed by atoms with Crippen LogP contribution >= 0.6 is 28.4 Å². The molecule has 0 spiro atoms. The molecule has 3 aromatic rings. The largest absolute Gasteiger partial charge is 0.322 e. The molecule has 7 heteroatoms. The Labute approximate surface area is 167 Å². The van der Waals surface area contributed by atoms with Gasteiger partial charge in [-0.25, -0.2) is 4.98 Å². The minimum Gasteiger partial charge on any atom is -0.322 e. The monoisotopic (exact) mass is 421 g/mol. The molecule has 0 N–H and O–H groups in total. The Morgan fingerprint density at radius 2 is 1.46 bits per heavy atom. The van der Waals surface area contributed by atoms with E-state index in [1.165, 1.54) is 11.4 Å². The Morgan fingerprint density at radius 3 is 2.00 bits per heavy atom. The van der Waals surface area contributed by atoms with Gasteiger partial charge in [-0.3, -0.25) is 0 Å². The van der Waals surface area contributed by atoms with Crippen molar-refractivity contribution in [1.29, 1.82) is 0 Å². The molecule has 0 aliphatic heterocycles. The van der Waals surface area contributed by atoms with E-state index >= 15 is 0 Å². The average molecular weight is 422 g/mol. The smallest absolute Gasteiger partial charge is 0.254 e. The topological polar surface area (TPSA) is 31.4 Å². The van der Waals surface area contributed by atoms with E-state index in [0.29, 0.717) is 13.2 Å². The maximum atomic E-state index is 5.77. The summed E-state index contributed by atoms with van der Waals surface area (Å²) in [5, 5.41) is 0. The van der Waals surface area contributed by atoms with E-state index in [2.05, 4.69) is 24.3 Å². The van der Waals surface area contributed by atoms with Gasteiger partial charge in [0.25, 0.3) is 5.69 Å². The molecule has 0 atom stereocenters. The van der Waals surface area contributed by atoms with Crippen molar-refractivity contribution in [3.05, 3.63) is 60.7 Å². The average Bonchev–Trinajstić information content (AvgIpc) is 3.07. The van der Waals surface area contributed by atoms with Gasteiger partial charge >= 0.3 is 0 Å². The van der Waals surface area contributed by atoms with Crippen LogP contribution in [0.5, 0.6) is 0 Å². The van der Waals surface area contributed by atoms with Gasteiger partial charge < -0.3 is 9.05 Å². The minimum atomic E-state index is -2.43. The number of benzene rings is 2. The molecule has 0 aliphatic carbocycles.